The van der Waals surface area contributed by atoms with Crippen LogP contribution in [0.25, 0.3) is 0 Å². The molecule has 0 bridgehead atoms. The molecular formula is C14H14Cl2N2. The molecule has 18 heavy (non-hydrogen) atoms. The number of aryl methyl sites for hydroxylation is 2. The summed E-state index contributed by atoms with van der Waals surface area (Å²) in [4.78, 5) is 0. The summed E-state index contributed by atoms with van der Waals surface area (Å²) in [6.07, 6.45) is 1.66. The Hall–Kier alpha value is -1.38. The maximum atomic E-state index is 5.91. The summed E-state index contributed by atoms with van der Waals surface area (Å²) in [6, 6.07) is 11.1. The van der Waals surface area contributed by atoms with Crippen LogP contribution < -0.4 is 11.5 Å². The van der Waals surface area contributed by atoms with Crippen molar-refractivity contribution in [2.45, 2.75) is 12.8 Å². The summed E-state index contributed by atoms with van der Waals surface area (Å²) in [5.74, 6) is 0. The van der Waals surface area contributed by atoms with Gasteiger partial charge >= 0.3 is 0 Å². The fraction of sp³-hybridized carbons (Fsp3) is 0.143. The average molecular weight is 281 g/mol. The van der Waals surface area contributed by atoms with Crippen LogP contribution in [0.15, 0.2) is 36.4 Å². The molecule has 4 heteroatoms. The smallest absolute Gasteiger partial charge is 0.0426 e. The van der Waals surface area contributed by atoms with Crippen LogP contribution in [0.1, 0.15) is 11.1 Å². The molecule has 0 amide bonds. The van der Waals surface area contributed by atoms with Gasteiger partial charge in [-0.2, -0.15) is 0 Å². The molecule has 0 unspecified atom stereocenters. The van der Waals surface area contributed by atoms with Gasteiger partial charge in [-0.15, -0.1) is 0 Å². The van der Waals surface area contributed by atoms with Gasteiger partial charge in [0.25, 0.3) is 0 Å². The molecule has 0 radical (unpaired) electrons. The molecule has 0 atom stereocenters. The third-order valence-corrected chi connectivity index (χ3v) is 3.35. The van der Waals surface area contributed by atoms with E-state index in [1.807, 2.05) is 24.3 Å². The van der Waals surface area contributed by atoms with Gasteiger partial charge < -0.3 is 11.5 Å². The van der Waals surface area contributed by atoms with E-state index in [1.54, 1.807) is 12.1 Å². The Morgan fingerprint density at radius 2 is 1.11 bits per heavy atom. The van der Waals surface area contributed by atoms with E-state index in [9.17, 15) is 0 Å². The Morgan fingerprint density at radius 3 is 1.44 bits per heavy atom. The van der Waals surface area contributed by atoms with Gasteiger partial charge in [-0.05, 0) is 48.2 Å². The second kappa shape index (κ2) is 5.51. The first-order valence-electron chi connectivity index (χ1n) is 5.64. The summed E-state index contributed by atoms with van der Waals surface area (Å²) in [5.41, 5.74) is 15.4. The standard InChI is InChI=1S/C14H14Cl2N2/c15-11-5-3-9(13(17)7-11)1-2-10-4-6-12(16)8-14(10)18/h3-8H,1-2,17-18H2. The van der Waals surface area contributed by atoms with Gasteiger partial charge in [0.15, 0.2) is 0 Å². The molecule has 94 valence electrons. The summed E-state index contributed by atoms with van der Waals surface area (Å²) in [7, 11) is 0. The number of hydrogen-bond donors (Lipinski definition) is 2. The minimum atomic E-state index is 0.655. The van der Waals surface area contributed by atoms with E-state index in [2.05, 4.69) is 0 Å². The molecule has 0 aliphatic heterocycles. The first-order chi connectivity index (χ1) is 8.56. The molecule has 0 fully saturated rings. The van der Waals surface area contributed by atoms with Gasteiger partial charge in [-0.1, -0.05) is 35.3 Å². The van der Waals surface area contributed by atoms with E-state index in [0.29, 0.717) is 10.0 Å². The van der Waals surface area contributed by atoms with E-state index < -0.39 is 0 Å². The van der Waals surface area contributed by atoms with Crippen molar-refractivity contribution < 1.29 is 0 Å². The molecule has 2 nitrogen and oxygen atoms in total. The van der Waals surface area contributed by atoms with E-state index in [0.717, 1.165) is 35.3 Å². The molecule has 2 rings (SSSR count). The van der Waals surface area contributed by atoms with Gasteiger partial charge in [-0.3, -0.25) is 0 Å². The van der Waals surface area contributed by atoms with Gasteiger partial charge in [0.2, 0.25) is 0 Å². The third-order valence-electron chi connectivity index (χ3n) is 2.88. The van der Waals surface area contributed by atoms with Crippen LogP contribution in [0.2, 0.25) is 10.0 Å². The maximum Gasteiger partial charge on any atom is 0.0426 e. The van der Waals surface area contributed by atoms with E-state index in [4.69, 9.17) is 34.7 Å². The Kier molecular flexibility index (Phi) is 4.00. The summed E-state index contributed by atoms with van der Waals surface area (Å²) < 4.78 is 0. The average Bonchev–Trinajstić information content (AvgIpc) is 2.30. The van der Waals surface area contributed by atoms with Crippen LogP contribution >= 0.6 is 23.2 Å². The number of nitrogen functional groups attached to an aromatic ring is 2. The van der Waals surface area contributed by atoms with Crippen LogP contribution in [0.4, 0.5) is 11.4 Å². The molecule has 2 aromatic rings. The van der Waals surface area contributed by atoms with Crippen molar-refractivity contribution in [1.82, 2.24) is 0 Å². The van der Waals surface area contributed by atoms with Crippen molar-refractivity contribution in [1.29, 1.82) is 0 Å². The molecular weight excluding hydrogens is 267 g/mol. The van der Waals surface area contributed by atoms with Crippen molar-refractivity contribution in [3.05, 3.63) is 57.6 Å². The predicted molar refractivity (Wildman–Crippen MR) is 79.1 cm³/mol. The lowest BCUT2D eigenvalue weighted by Crippen LogP contribution is -2.00. The van der Waals surface area contributed by atoms with E-state index in [1.165, 1.54) is 0 Å². The zero-order valence-electron chi connectivity index (χ0n) is 9.79. The quantitative estimate of drug-likeness (QED) is 0.837. The molecule has 0 heterocycles. The highest BCUT2D eigenvalue weighted by Gasteiger charge is 2.04. The predicted octanol–water partition coefficient (Wildman–Crippen LogP) is 3.94. The molecule has 0 aromatic heterocycles. The highest BCUT2D eigenvalue weighted by atomic mass is 35.5. The second-order valence-corrected chi connectivity index (χ2v) is 5.06. The van der Waals surface area contributed by atoms with Crippen LogP contribution in [0.5, 0.6) is 0 Å². The number of anilines is 2. The van der Waals surface area contributed by atoms with Crippen LogP contribution in [-0.2, 0) is 12.8 Å². The highest BCUT2D eigenvalue weighted by Crippen LogP contribution is 2.23. The first kappa shape index (κ1) is 13.1. The monoisotopic (exact) mass is 280 g/mol. The van der Waals surface area contributed by atoms with Crippen molar-refractivity contribution in [3.8, 4) is 0 Å². The minimum Gasteiger partial charge on any atom is -0.398 e. The zero-order valence-corrected chi connectivity index (χ0v) is 11.3. The van der Waals surface area contributed by atoms with E-state index in [-0.39, 0.29) is 0 Å². The molecule has 0 saturated heterocycles. The Balaban J connectivity index is 2.11. The van der Waals surface area contributed by atoms with Gasteiger partial charge in [0, 0.05) is 21.4 Å². The van der Waals surface area contributed by atoms with E-state index >= 15 is 0 Å². The van der Waals surface area contributed by atoms with Crippen LogP contribution in [0.3, 0.4) is 0 Å². The number of halogens is 2. The lowest BCUT2D eigenvalue weighted by molar-refractivity contribution is 0.966. The zero-order chi connectivity index (χ0) is 13.1. The van der Waals surface area contributed by atoms with Crippen molar-refractivity contribution in [3.63, 3.8) is 0 Å². The summed E-state index contributed by atoms with van der Waals surface area (Å²) in [5, 5.41) is 1.31. The topological polar surface area (TPSA) is 52.0 Å². The minimum absolute atomic E-state index is 0.655. The normalized spacial score (nSPS) is 10.6. The highest BCUT2D eigenvalue weighted by molar-refractivity contribution is 6.31. The Labute approximate surface area is 117 Å². The molecule has 0 aliphatic rings. The lowest BCUT2D eigenvalue weighted by Gasteiger charge is -2.08. The number of hydrogen-bond acceptors (Lipinski definition) is 2. The largest absolute Gasteiger partial charge is 0.398 e. The summed E-state index contributed by atoms with van der Waals surface area (Å²) in [6.45, 7) is 0. The van der Waals surface area contributed by atoms with Crippen LogP contribution in [0, 0.1) is 0 Å². The van der Waals surface area contributed by atoms with Gasteiger partial charge in [0.05, 0.1) is 0 Å². The maximum absolute atomic E-state index is 5.91. The van der Waals surface area contributed by atoms with Crippen LogP contribution in [-0.4, -0.2) is 0 Å². The van der Waals surface area contributed by atoms with Gasteiger partial charge in [-0.25, -0.2) is 0 Å². The first-order valence-corrected chi connectivity index (χ1v) is 6.39. The Morgan fingerprint density at radius 1 is 0.722 bits per heavy atom. The van der Waals surface area contributed by atoms with Gasteiger partial charge in [0.1, 0.15) is 0 Å². The van der Waals surface area contributed by atoms with Crippen molar-refractivity contribution in [2.75, 3.05) is 11.5 Å². The fourth-order valence-electron chi connectivity index (χ4n) is 1.86. The third kappa shape index (κ3) is 3.09. The lowest BCUT2D eigenvalue weighted by atomic mass is 10.0. The fourth-order valence-corrected chi connectivity index (χ4v) is 2.22. The molecule has 4 N–H and O–H groups in total. The number of rotatable bonds is 3. The molecule has 0 aliphatic carbocycles. The molecule has 2 aromatic carbocycles. The number of benzene rings is 2. The number of nitrogens with two attached hydrogens (primary N) is 2. The molecule has 0 saturated carbocycles. The Bertz CT molecular complexity index is 516. The summed E-state index contributed by atoms with van der Waals surface area (Å²) >= 11 is 11.7. The molecule has 0 spiro atoms. The van der Waals surface area contributed by atoms with Crippen molar-refractivity contribution in [2.24, 2.45) is 0 Å². The second-order valence-electron chi connectivity index (χ2n) is 4.19. The SMILES string of the molecule is Nc1cc(Cl)ccc1CCc1ccc(Cl)cc1N. The van der Waals surface area contributed by atoms with Crippen molar-refractivity contribution >= 4 is 34.6 Å².